The van der Waals surface area contributed by atoms with E-state index in [1.54, 1.807) is 0 Å². The second kappa shape index (κ2) is 4.03. The van der Waals surface area contributed by atoms with Gasteiger partial charge in [0.2, 0.25) is 0 Å². The molecule has 5 atom stereocenters. The summed E-state index contributed by atoms with van der Waals surface area (Å²) in [5, 5.41) is 0.200. The highest BCUT2D eigenvalue weighted by Gasteiger charge is 2.62. The van der Waals surface area contributed by atoms with Gasteiger partial charge in [0.15, 0.2) is 0 Å². The lowest BCUT2D eigenvalue weighted by Gasteiger charge is -2.66. The highest BCUT2D eigenvalue weighted by atomic mass is 35.5. The van der Waals surface area contributed by atoms with Crippen LogP contribution in [0.25, 0.3) is 0 Å². The van der Waals surface area contributed by atoms with E-state index in [2.05, 4.69) is 44.2 Å². The van der Waals surface area contributed by atoms with E-state index < -0.39 is 0 Å². The second-order valence-electron chi connectivity index (χ2n) is 8.77. The maximum Gasteiger partial charge on any atom is 0.0642 e. The molecule has 0 radical (unpaired) electrons. The van der Waals surface area contributed by atoms with Crippen LogP contribution in [0.15, 0.2) is 30.3 Å². The van der Waals surface area contributed by atoms with Crippen LogP contribution in [-0.2, 0) is 0 Å². The highest BCUT2D eigenvalue weighted by molar-refractivity contribution is 6.21. The zero-order valence-electron chi connectivity index (χ0n) is 12.7. The van der Waals surface area contributed by atoms with E-state index in [1.165, 1.54) is 44.1 Å². The van der Waals surface area contributed by atoms with E-state index in [1.807, 2.05) is 0 Å². The van der Waals surface area contributed by atoms with Gasteiger partial charge in [0.1, 0.15) is 0 Å². The summed E-state index contributed by atoms with van der Waals surface area (Å²) in [7, 11) is 0. The minimum Gasteiger partial charge on any atom is -0.117 e. The Labute approximate surface area is 127 Å². The van der Waals surface area contributed by atoms with Gasteiger partial charge in [-0.1, -0.05) is 44.2 Å². The first-order valence-electron chi connectivity index (χ1n) is 8.11. The van der Waals surface area contributed by atoms with Crippen LogP contribution in [0.2, 0.25) is 0 Å². The molecule has 4 aliphatic rings. The van der Waals surface area contributed by atoms with E-state index in [9.17, 15) is 0 Å². The molecule has 4 fully saturated rings. The first kappa shape index (κ1) is 13.2. The maximum absolute atomic E-state index is 7.05. The van der Waals surface area contributed by atoms with Crippen LogP contribution < -0.4 is 0 Å². The van der Waals surface area contributed by atoms with Crippen molar-refractivity contribution in [3.63, 3.8) is 0 Å². The molecule has 3 unspecified atom stereocenters. The molecule has 0 nitrogen and oxygen atoms in total. The zero-order chi connectivity index (χ0) is 14.0. The quantitative estimate of drug-likeness (QED) is 0.589. The van der Waals surface area contributed by atoms with Gasteiger partial charge in [0.05, 0.1) is 5.38 Å². The first-order valence-corrected chi connectivity index (χ1v) is 8.55. The summed E-state index contributed by atoms with van der Waals surface area (Å²) in [6, 6.07) is 10.8. The Hall–Kier alpha value is -0.490. The van der Waals surface area contributed by atoms with Crippen molar-refractivity contribution in [2.24, 2.45) is 22.2 Å². The summed E-state index contributed by atoms with van der Waals surface area (Å²) in [5.41, 5.74) is 2.79. The predicted molar refractivity (Wildman–Crippen MR) is 84.9 cm³/mol. The maximum atomic E-state index is 7.05. The molecule has 1 aromatic carbocycles. The lowest BCUT2D eigenvalue weighted by Crippen LogP contribution is -2.56. The van der Waals surface area contributed by atoms with Crippen molar-refractivity contribution in [1.82, 2.24) is 0 Å². The van der Waals surface area contributed by atoms with Crippen LogP contribution in [-0.4, -0.2) is 0 Å². The van der Waals surface area contributed by atoms with Crippen LogP contribution in [0.5, 0.6) is 0 Å². The molecule has 0 heterocycles. The van der Waals surface area contributed by atoms with Gasteiger partial charge in [-0.3, -0.25) is 0 Å². The summed E-state index contributed by atoms with van der Waals surface area (Å²) in [4.78, 5) is 0. The SMILES string of the molecule is C[C@]12CC3CC(C(Cl)c4ccccc4)(C1)C[C@@](C)(C3)C2. The number of halogens is 1. The van der Waals surface area contributed by atoms with Gasteiger partial charge in [-0.2, -0.15) is 0 Å². The Balaban J connectivity index is 1.74. The fourth-order valence-corrected chi connectivity index (χ4v) is 7.18. The Morgan fingerprint density at radius 3 is 2.10 bits per heavy atom. The van der Waals surface area contributed by atoms with Crippen LogP contribution in [0.4, 0.5) is 0 Å². The van der Waals surface area contributed by atoms with Gasteiger partial charge in [-0.25, -0.2) is 0 Å². The average molecular weight is 289 g/mol. The van der Waals surface area contributed by atoms with Gasteiger partial charge in [0, 0.05) is 0 Å². The Morgan fingerprint density at radius 1 is 0.950 bits per heavy atom. The Kier molecular flexibility index (Phi) is 2.66. The number of hydrogen-bond acceptors (Lipinski definition) is 0. The molecule has 0 aromatic heterocycles. The summed E-state index contributed by atoms with van der Waals surface area (Å²) >= 11 is 7.05. The van der Waals surface area contributed by atoms with Crippen LogP contribution in [0, 0.1) is 22.2 Å². The molecule has 1 heteroatoms. The summed E-state index contributed by atoms with van der Waals surface area (Å²) in [5.74, 6) is 0.922. The predicted octanol–water partition coefficient (Wildman–Crippen LogP) is 5.96. The minimum absolute atomic E-state index is 0.200. The average Bonchev–Trinajstić information content (AvgIpc) is 2.34. The lowest BCUT2D eigenvalue weighted by molar-refractivity contribution is -0.146. The summed E-state index contributed by atoms with van der Waals surface area (Å²) < 4.78 is 0. The normalized spacial score (nSPS) is 47.5. The molecular weight excluding hydrogens is 264 g/mol. The Bertz CT molecular complexity index is 502. The summed E-state index contributed by atoms with van der Waals surface area (Å²) in [6.07, 6.45) is 8.37. The Morgan fingerprint density at radius 2 is 1.55 bits per heavy atom. The van der Waals surface area contributed by atoms with E-state index in [4.69, 9.17) is 11.6 Å². The number of hydrogen-bond donors (Lipinski definition) is 0. The standard InChI is InChI=1S/C19H25Cl/c1-17-8-14-9-18(2,11-17)13-19(10-14,12-17)16(20)15-6-4-3-5-7-15/h3-7,14,16H,8-13H2,1-2H3/t14?,16?,17-,18+,19?. The van der Waals surface area contributed by atoms with Crippen molar-refractivity contribution in [3.05, 3.63) is 35.9 Å². The van der Waals surface area contributed by atoms with Gasteiger partial charge >= 0.3 is 0 Å². The van der Waals surface area contributed by atoms with Gasteiger partial charge in [-0.15, -0.1) is 11.6 Å². The summed E-state index contributed by atoms with van der Waals surface area (Å²) in [6.45, 7) is 5.05. The third kappa shape index (κ3) is 1.87. The molecule has 0 aliphatic heterocycles. The third-order valence-electron chi connectivity index (χ3n) is 6.30. The molecule has 4 bridgehead atoms. The molecule has 108 valence electrons. The van der Waals surface area contributed by atoms with E-state index >= 15 is 0 Å². The molecule has 4 saturated carbocycles. The fraction of sp³-hybridized carbons (Fsp3) is 0.684. The van der Waals surface area contributed by atoms with E-state index in [0.717, 1.165) is 5.92 Å². The van der Waals surface area contributed by atoms with Crippen LogP contribution in [0.1, 0.15) is 63.3 Å². The zero-order valence-corrected chi connectivity index (χ0v) is 13.4. The molecular formula is C19H25Cl. The number of alkyl halides is 1. The van der Waals surface area contributed by atoms with Crippen molar-refractivity contribution in [2.45, 2.75) is 57.7 Å². The monoisotopic (exact) mass is 288 g/mol. The van der Waals surface area contributed by atoms with Crippen molar-refractivity contribution < 1.29 is 0 Å². The number of rotatable bonds is 2. The van der Waals surface area contributed by atoms with E-state index in [-0.39, 0.29) is 5.38 Å². The molecule has 0 amide bonds. The van der Waals surface area contributed by atoms with Crippen molar-refractivity contribution in [3.8, 4) is 0 Å². The van der Waals surface area contributed by atoms with Gasteiger partial charge < -0.3 is 0 Å². The minimum atomic E-state index is 0.200. The molecule has 0 N–H and O–H groups in total. The molecule has 0 saturated heterocycles. The van der Waals surface area contributed by atoms with Crippen molar-refractivity contribution in [1.29, 1.82) is 0 Å². The molecule has 1 aromatic rings. The lowest BCUT2D eigenvalue weighted by atomic mass is 9.39. The van der Waals surface area contributed by atoms with Crippen molar-refractivity contribution in [2.75, 3.05) is 0 Å². The smallest absolute Gasteiger partial charge is 0.0642 e. The largest absolute Gasteiger partial charge is 0.117 e. The highest BCUT2D eigenvalue weighted by Crippen LogP contribution is 2.73. The topological polar surface area (TPSA) is 0 Å². The second-order valence-corrected chi connectivity index (χ2v) is 9.20. The van der Waals surface area contributed by atoms with Gasteiger partial charge in [-0.05, 0) is 66.3 Å². The molecule has 20 heavy (non-hydrogen) atoms. The van der Waals surface area contributed by atoms with Crippen LogP contribution in [0.3, 0.4) is 0 Å². The van der Waals surface area contributed by atoms with E-state index in [0.29, 0.717) is 16.2 Å². The first-order chi connectivity index (χ1) is 9.42. The molecule has 4 aliphatic carbocycles. The fourth-order valence-electron chi connectivity index (χ4n) is 6.79. The van der Waals surface area contributed by atoms with Crippen molar-refractivity contribution >= 4 is 11.6 Å². The third-order valence-corrected chi connectivity index (χ3v) is 7.01. The molecule has 5 rings (SSSR count). The van der Waals surface area contributed by atoms with Crippen LogP contribution >= 0.6 is 11.6 Å². The van der Waals surface area contributed by atoms with Gasteiger partial charge in [0.25, 0.3) is 0 Å². The molecule has 0 spiro atoms. The number of benzene rings is 1.